The molecule has 0 fully saturated rings. The van der Waals surface area contributed by atoms with E-state index in [9.17, 15) is 26.8 Å². The van der Waals surface area contributed by atoms with E-state index in [1.165, 1.54) is 68.1 Å². The quantitative estimate of drug-likeness (QED) is 0.183. The highest BCUT2D eigenvalue weighted by Crippen LogP contribution is 2.40. The first kappa shape index (κ1) is 33.4. The number of amides is 1. The lowest BCUT2D eigenvalue weighted by molar-refractivity contribution is 0.0964. The second-order valence-corrected chi connectivity index (χ2v) is 13.2. The Balaban J connectivity index is 1.60. The maximum Gasteiger partial charge on any atom is 0.280 e. The number of carbonyl (C=O) groups is 1. The van der Waals surface area contributed by atoms with Gasteiger partial charge < -0.3 is 14.5 Å². The molecule has 3 heterocycles. The van der Waals surface area contributed by atoms with Crippen LogP contribution >= 0.6 is 0 Å². The van der Waals surface area contributed by atoms with E-state index in [1.807, 2.05) is 0 Å². The van der Waals surface area contributed by atoms with Crippen LogP contribution in [0.1, 0.15) is 34.7 Å². The number of methoxy groups -OCH3 is 1. The molecule has 0 unspecified atom stereocenters. The Morgan fingerprint density at radius 1 is 1.00 bits per heavy atom. The summed E-state index contributed by atoms with van der Waals surface area (Å²) in [6, 6.07) is 16.7. The number of nitrogens with one attached hydrogen (secondary N) is 2. The minimum absolute atomic E-state index is 0.0126. The Hall–Kier alpha value is -5.47. The number of halogens is 2. The Labute approximate surface area is 279 Å². The van der Waals surface area contributed by atoms with Crippen LogP contribution in [0.3, 0.4) is 0 Å². The third kappa shape index (κ3) is 6.39. The number of anilines is 1. The number of pyridine rings is 1. The summed E-state index contributed by atoms with van der Waals surface area (Å²) in [6.07, 6.45) is 0. The molecule has 0 aliphatic rings. The standard InChI is InChI=1S/C35H31F2N5O6S/c1-5-49(45,46)41-28-17-30-25(31(34(43)38-3)33(48-30)21-8-12-23(37)13-9-21)16-24(28)26-14-15-27-32(40-26)35(44)42(19(2)39-27)29(18-47-4)20-6-10-22(36)11-7-20/h6-17,29,41H,5,18H2,1-4H3,(H,38,43)/t29-/m0/s1. The van der Waals surface area contributed by atoms with Gasteiger partial charge in [-0.05, 0) is 74.0 Å². The van der Waals surface area contributed by atoms with Gasteiger partial charge in [-0.1, -0.05) is 12.1 Å². The summed E-state index contributed by atoms with van der Waals surface area (Å²) in [7, 11) is -0.887. The van der Waals surface area contributed by atoms with Gasteiger partial charge in [-0.3, -0.25) is 18.9 Å². The zero-order chi connectivity index (χ0) is 35.0. The summed E-state index contributed by atoms with van der Waals surface area (Å²) in [6.45, 7) is 3.23. The van der Waals surface area contributed by atoms with Gasteiger partial charge in [0, 0.05) is 36.7 Å². The molecule has 0 saturated heterocycles. The average molecular weight is 688 g/mol. The number of sulfonamides is 1. The maximum absolute atomic E-state index is 14.2. The Morgan fingerprint density at radius 2 is 1.67 bits per heavy atom. The van der Waals surface area contributed by atoms with Crippen LogP contribution in [0, 0.1) is 18.6 Å². The third-order valence-corrected chi connectivity index (χ3v) is 9.42. The SMILES string of the molecule is CCS(=O)(=O)Nc1cc2oc(-c3ccc(F)cc3)c(C(=O)NC)c2cc1-c1ccc2nc(C)n([C@@H](COC)c3ccc(F)cc3)c(=O)c2n1. The molecule has 1 atom stereocenters. The molecule has 0 bridgehead atoms. The van der Waals surface area contributed by atoms with Gasteiger partial charge in [0.15, 0.2) is 5.52 Å². The molecule has 252 valence electrons. The highest BCUT2D eigenvalue weighted by Gasteiger charge is 2.26. The molecule has 0 saturated carbocycles. The Bertz CT molecular complexity index is 2390. The second kappa shape index (κ2) is 13.2. The fourth-order valence-electron chi connectivity index (χ4n) is 5.70. The number of carbonyl (C=O) groups excluding carboxylic acids is 1. The lowest BCUT2D eigenvalue weighted by Gasteiger charge is -2.22. The Kier molecular flexibility index (Phi) is 9.01. The number of rotatable bonds is 10. The van der Waals surface area contributed by atoms with E-state index in [0.29, 0.717) is 27.9 Å². The average Bonchev–Trinajstić information content (AvgIpc) is 3.46. The van der Waals surface area contributed by atoms with Crippen LogP contribution in [0.4, 0.5) is 14.5 Å². The molecule has 3 aromatic carbocycles. The zero-order valence-electron chi connectivity index (χ0n) is 26.9. The van der Waals surface area contributed by atoms with Gasteiger partial charge in [-0.2, -0.15) is 0 Å². The number of aromatic nitrogens is 3. The van der Waals surface area contributed by atoms with E-state index in [1.54, 1.807) is 37.3 Å². The first-order valence-corrected chi connectivity index (χ1v) is 16.8. The summed E-state index contributed by atoms with van der Waals surface area (Å²) >= 11 is 0. The van der Waals surface area contributed by atoms with Crippen LogP contribution in [0.25, 0.3) is 44.6 Å². The normalized spacial score (nSPS) is 12.4. The Morgan fingerprint density at radius 3 is 2.31 bits per heavy atom. The van der Waals surface area contributed by atoms with Crippen LogP contribution in [-0.4, -0.2) is 55.4 Å². The molecule has 11 nitrogen and oxygen atoms in total. The molecule has 3 aromatic heterocycles. The highest BCUT2D eigenvalue weighted by atomic mass is 32.2. The van der Waals surface area contributed by atoms with Gasteiger partial charge in [0.25, 0.3) is 11.5 Å². The first-order valence-electron chi connectivity index (χ1n) is 15.2. The number of furan rings is 1. The largest absolute Gasteiger partial charge is 0.455 e. The molecular formula is C35H31F2N5O6S. The maximum atomic E-state index is 14.2. The number of fused-ring (bicyclic) bond motifs is 2. The smallest absolute Gasteiger partial charge is 0.280 e. The van der Waals surface area contributed by atoms with Gasteiger partial charge in [0.2, 0.25) is 10.0 Å². The summed E-state index contributed by atoms with van der Waals surface area (Å²) in [5.74, 6) is -1.12. The van der Waals surface area contributed by atoms with Crippen LogP contribution in [-0.2, 0) is 14.8 Å². The van der Waals surface area contributed by atoms with Crippen LogP contribution < -0.4 is 15.6 Å². The number of aryl methyl sites for hydroxylation is 1. The molecule has 0 aliphatic heterocycles. The predicted octanol–water partition coefficient (Wildman–Crippen LogP) is 5.82. The lowest BCUT2D eigenvalue weighted by Crippen LogP contribution is -2.31. The summed E-state index contributed by atoms with van der Waals surface area (Å²) in [5, 5.41) is 2.92. The van der Waals surface area contributed by atoms with Crippen molar-refractivity contribution in [3.63, 3.8) is 0 Å². The lowest BCUT2D eigenvalue weighted by atomic mass is 10.0. The minimum Gasteiger partial charge on any atom is -0.455 e. The van der Waals surface area contributed by atoms with E-state index in [-0.39, 0.29) is 51.7 Å². The van der Waals surface area contributed by atoms with E-state index in [2.05, 4.69) is 20.0 Å². The molecule has 14 heteroatoms. The van der Waals surface area contributed by atoms with Gasteiger partial charge in [0.1, 0.15) is 28.8 Å². The molecule has 1 amide bonds. The third-order valence-electron chi connectivity index (χ3n) is 8.13. The van der Waals surface area contributed by atoms with E-state index >= 15 is 0 Å². The van der Waals surface area contributed by atoms with Crippen molar-refractivity contribution in [1.82, 2.24) is 19.9 Å². The zero-order valence-corrected chi connectivity index (χ0v) is 27.7. The number of benzene rings is 3. The fourth-order valence-corrected chi connectivity index (χ4v) is 6.35. The summed E-state index contributed by atoms with van der Waals surface area (Å²) in [5.41, 5.74) is 1.68. The van der Waals surface area contributed by atoms with Crippen LogP contribution in [0.5, 0.6) is 0 Å². The van der Waals surface area contributed by atoms with Gasteiger partial charge in [0.05, 0.1) is 40.9 Å². The van der Waals surface area contributed by atoms with E-state index in [4.69, 9.17) is 9.15 Å². The summed E-state index contributed by atoms with van der Waals surface area (Å²) in [4.78, 5) is 36.7. The van der Waals surface area contributed by atoms with Gasteiger partial charge in [-0.25, -0.2) is 27.2 Å². The van der Waals surface area contributed by atoms with Crippen molar-refractivity contribution in [3.8, 4) is 22.6 Å². The van der Waals surface area contributed by atoms with Crippen LogP contribution in [0.15, 0.2) is 82.0 Å². The minimum atomic E-state index is -3.83. The van der Waals surface area contributed by atoms with Gasteiger partial charge in [-0.15, -0.1) is 0 Å². The number of nitrogens with zero attached hydrogens (tertiary/aromatic N) is 3. The summed E-state index contributed by atoms with van der Waals surface area (Å²) < 4.78 is 68.7. The highest BCUT2D eigenvalue weighted by molar-refractivity contribution is 7.92. The topological polar surface area (TPSA) is 145 Å². The predicted molar refractivity (Wildman–Crippen MR) is 182 cm³/mol. The molecule has 6 rings (SSSR count). The van der Waals surface area contributed by atoms with Crippen LogP contribution in [0.2, 0.25) is 0 Å². The molecule has 49 heavy (non-hydrogen) atoms. The number of hydrogen-bond acceptors (Lipinski definition) is 8. The molecule has 0 spiro atoms. The van der Waals surface area contributed by atoms with E-state index in [0.717, 1.165) is 0 Å². The number of ether oxygens (including phenoxy) is 1. The molecular weight excluding hydrogens is 656 g/mol. The van der Waals surface area contributed by atoms with Crippen molar-refractivity contribution >= 4 is 43.6 Å². The first-order chi connectivity index (χ1) is 23.4. The van der Waals surface area contributed by atoms with Gasteiger partial charge >= 0.3 is 0 Å². The van der Waals surface area contributed by atoms with E-state index < -0.39 is 39.2 Å². The van der Waals surface area contributed by atoms with Crippen molar-refractivity contribution < 1.29 is 31.1 Å². The molecule has 6 aromatic rings. The molecule has 0 aliphatic carbocycles. The number of hydrogen-bond donors (Lipinski definition) is 2. The molecule has 2 N–H and O–H groups in total. The molecule has 0 radical (unpaired) electrons. The van der Waals surface area contributed by atoms with Crippen molar-refractivity contribution in [3.05, 3.63) is 112 Å². The fraction of sp³-hybridized carbons (Fsp3) is 0.200. The van der Waals surface area contributed by atoms with Crippen molar-refractivity contribution in [2.75, 3.05) is 31.2 Å². The second-order valence-electron chi connectivity index (χ2n) is 11.2. The van der Waals surface area contributed by atoms with Crippen molar-refractivity contribution in [2.24, 2.45) is 0 Å². The van der Waals surface area contributed by atoms with Crippen molar-refractivity contribution in [1.29, 1.82) is 0 Å². The van der Waals surface area contributed by atoms with Crippen molar-refractivity contribution in [2.45, 2.75) is 19.9 Å². The monoisotopic (exact) mass is 687 g/mol.